The molecule has 126 valence electrons. The molecule has 1 aromatic carbocycles. The first-order valence-electron chi connectivity index (χ1n) is 7.42. The third-order valence-electron chi connectivity index (χ3n) is 3.78. The molecule has 1 aliphatic rings. The summed E-state index contributed by atoms with van der Waals surface area (Å²) in [5, 5.41) is 17.8. The molecule has 2 aromatic rings. The molecule has 1 atom stereocenters. The van der Waals surface area contributed by atoms with Crippen LogP contribution in [0.4, 0.5) is 0 Å². The van der Waals surface area contributed by atoms with Crippen molar-refractivity contribution in [1.82, 2.24) is 14.3 Å². The molecule has 0 amide bonds. The fourth-order valence-corrected chi connectivity index (χ4v) is 4.00. The Kier molecular flexibility index (Phi) is 4.61. The molecule has 1 saturated heterocycles. The maximum absolute atomic E-state index is 12.7. The molecule has 1 aliphatic heterocycles. The van der Waals surface area contributed by atoms with Gasteiger partial charge in [-0.3, -0.25) is 0 Å². The number of nitriles is 2. The third-order valence-corrected chi connectivity index (χ3v) is 5.66. The van der Waals surface area contributed by atoms with Gasteiger partial charge in [0.2, 0.25) is 15.7 Å². The van der Waals surface area contributed by atoms with Crippen LogP contribution in [0.3, 0.4) is 0 Å². The van der Waals surface area contributed by atoms with Crippen molar-refractivity contribution in [1.29, 1.82) is 10.5 Å². The van der Waals surface area contributed by atoms with Crippen LogP contribution in [0.1, 0.15) is 17.7 Å². The maximum Gasteiger partial charge on any atom is 0.251 e. The van der Waals surface area contributed by atoms with Gasteiger partial charge in [0.1, 0.15) is 12.2 Å². The first-order valence-corrected chi connectivity index (χ1v) is 8.86. The highest BCUT2D eigenvalue weighted by molar-refractivity contribution is 7.89. The highest BCUT2D eigenvalue weighted by Crippen LogP contribution is 2.24. The quantitative estimate of drug-likeness (QED) is 0.804. The summed E-state index contributed by atoms with van der Waals surface area (Å²) in [7, 11) is -3.66. The van der Waals surface area contributed by atoms with Gasteiger partial charge in [0.05, 0.1) is 23.1 Å². The topological polar surface area (TPSA) is 120 Å². The van der Waals surface area contributed by atoms with Gasteiger partial charge in [-0.05, 0) is 30.7 Å². The van der Waals surface area contributed by atoms with Crippen LogP contribution >= 0.6 is 0 Å². The molecule has 0 aliphatic carbocycles. The summed E-state index contributed by atoms with van der Waals surface area (Å²) in [4.78, 5) is 7.96. The van der Waals surface area contributed by atoms with Crippen LogP contribution in [0.2, 0.25) is 0 Å². The van der Waals surface area contributed by atoms with Crippen LogP contribution in [-0.4, -0.2) is 41.9 Å². The van der Waals surface area contributed by atoms with Crippen molar-refractivity contribution in [3.05, 3.63) is 47.9 Å². The molecule has 3 rings (SSSR count). The van der Waals surface area contributed by atoms with E-state index in [4.69, 9.17) is 15.3 Å². The normalized spacial score (nSPS) is 17.6. The second-order valence-electron chi connectivity index (χ2n) is 5.35. The molecule has 25 heavy (non-hydrogen) atoms. The predicted octanol–water partition coefficient (Wildman–Crippen LogP) is 1.06. The lowest BCUT2D eigenvalue weighted by molar-refractivity contribution is 0.205. The summed E-state index contributed by atoms with van der Waals surface area (Å²) in [5.41, 5.74) is 0.462. The number of hydrogen-bond donors (Lipinski definition) is 0. The number of benzene rings is 1. The Bertz CT molecular complexity index is 961. The second kappa shape index (κ2) is 6.85. The molecule has 9 heteroatoms. The van der Waals surface area contributed by atoms with E-state index in [9.17, 15) is 8.42 Å². The molecule has 0 unspecified atom stereocenters. The van der Waals surface area contributed by atoms with E-state index in [1.165, 1.54) is 41.0 Å². The molecule has 0 N–H and O–H groups in total. The minimum atomic E-state index is -3.66. The molecular weight excluding hydrogens is 342 g/mol. The lowest BCUT2D eigenvalue weighted by atomic mass is 10.2. The van der Waals surface area contributed by atoms with Gasteiger partial charge in [0.15, 0.2) is 0 Å². The van der Waals surface area contributed by atoms with E-state index in [1.54, 1.807) is 0 Å². The minimum absolute atomic E-state index is 0.0656. The molecule has 0 spiro atoms. The van der Waals surface area contributed by atoms with E-state index in [2.05, 4.69) is 9.97 Å². The van der Waals surface area contributed by atoms with Crippen molar-refractivity contribution >= 4 is 10.0 Å². The van der Waals surface area contributed by atoms with Crippen LogP contribution in [-0.2, 0) is 10.0 Å². The van der Waals surface area contributed by atoms with Crippen molar-refractivity contribution in [2.75, 3.05) is 13.1 Å². The first kappa shape index (κ1) is 16.8. The van der Waals surface area contributed by atoms with E-state index < -0.39 is 16.1 Å². The van der Waals surface area contributed by atoms with E-state index in [1.807, 2.05) is 12.1 Å². The van der Waals surface area contributed by atoms with Gasteiger partial charge in [-0.1, -0.05) is 0 Å². The fourth-order valence-electron chi connectivity index (χ4n) is 2.51. The first-order chi connectivity index (χ1) is 12.0. The lowest BCUT2D eigenvalue weighted by Gasteiger charge is -2.17. The molecule has 1 fully saturated rings. The Morgan fingerprint density at radius 3 is 2.52 bits per heavy atom. The zero-order valence-corrected chi connectivity index (χ0v) is 13.8. The number of nitrogens with zero attached hydrogens (tertiary/aromatic N) is 5. The van der Waals surface area contributed by atoms with Gasteiger partial charge >= 0.3 is 0 Å². The van der Waals surface area contributed by atoms with Crippen LogP contribution in [0.25, 0.3) is 0 Å². The van der Waals surface area contributed by atoms with Crippen LogP contribution in [0, 0.1) is 22.7 Å². The fraction of sp³-hybridized carbons (Fsp3) is 0.250. The molecular formula is C16H13N5O3S. The summed E-state index contributed by atoms with van der Waals surface area (Å²) >= 11 is 0. The van der Waals surface area contributed by atoms with Crippen molar-refractivity contribution in [2.45, 2.75) is 17.4 Å². The Morgan fingerprint density at radius 2 is 1.84 bits per heavy atom. The molecule has 0 saturated carbocycles. The summed E-state index contributed by atoms with van der Waals surface area (Å²) in [6, 6.07) is 9.61. The lowest BCUT2D eigenvalue weighted by Crippen LogP contribution is -2.31. The summed E-state index contributed by atoms with van der Waals surface area (Å²) in [6.07, 6.45) is 2.88. The largest absolute Gasteiger partial charge is 0.471 e. The number of ether oxygens (including phenoxy) is 1. The Morgan fingerprint density at radius 1 is 1.12 bits per heavy atom. The summed E-state index contributed by atoms with van der Waals surface area (Å²) in [5.74, 6) is 0.104. The van der Waals surface area contributed by atoms with Crippen LogP contribution < -0.4 is 4.74 Å². The molecule has 0 bridgehead atoms. The van der Waals surface area contributed by atoms with Gasteiger partial charge in [0.25, 0.3) is 5.88 Å². The van der Waals surface area contributed by atoms with Gasteiger partial charge in [-0.25, -0.2) is 18.4 Å². The maximum atomic E-state index is 12.7. The average Bonchev–Trinajstić information content (AvgIpc) is 3.11. The Balaban J connectivity index is 1.73. The average molecular weight is 355 g/mol. The van der Waals surface area contributed by atoms with Crippen molar-refractivity contribution in [2.24, 2.45) is 0 Å². The van der Waals surface area contributed by atoms with Crippen LogP contribution in [0.5, 0.6) is 5.88 Å². The van der Waals surface area contributed by atoms with E-state index in [0.29, 0.717) is 18.5 Å². The minimum Gasteiger partial charge on any atom is -0.471 e. The van der Waals surface area contributed by atoms with E-state index in [-0.39, 0.29) is 23.0 Å². The number of rotatable bonds is 4. The number of sulfonamides is 1. The standard InChI is InChI=1S/C16H13N5O3S/c17-9-12-1-3-14(4-2-12)25(22,23)21-8-5-13(11-21)24-16-15(10-18)19-6-7-20-16/h1-4,6-7,13H,5,8,11H2/t13-/m1/s1. The Labute approximate surface area is 145 Å². The van der Waals surface area contributed by atoms with E-state index >= 15 is 0 Å². The van der Waals surface area contributed by atoms with Crippen molar-refractivity contribution < 1.29 is 13.2 Å². The van der Waals surface area contributed by atoms with E-state index in [0.717, 1.165) is 0 Å². The number of aromatic nitrogens is 2. The highest BCUT2D eigenvalue weighted by atomic mass is 32.2. The number of hydrogen-bond acceptors (Lipinski definition) is 7. The zero-order valence-electron chi connectivity index (χ0n) is 13.0. The Hall–Kier alpha value is -3.01. The summed E-state index contributed by atoms with van der Waals surface area (Å²) in [6.45, 7) is 0.457. The SMILES string of the molecule is N#Cc1ccc(S(=O)(=O)N2CC[C@@H](Oc3nccnc3C#N)C2)cc1. The highest BCUT2D eigenvalue weighted by Gasteiger charge is 2.34. The monoisotopic (exact) mass is 355 g/mol. The summed E-state index contributed by atoms with van der Waals surface area (Å²) < 4.78 is 32.3. The second-order valence-corrected chi connectivity index (χ2v) is 7.29. The van der Waals surface area contributed by atoms with Crippen molar-refractivity contribution in [3.8, 4) is 18.0 Å². The van der Waals surface area contributed by atoms with Gasteiger partial charge < -0.3 is 4.74 Å². The zero-order chi connectivity index (χ0) is 17.9. The molecule has 1 aromatic heterocycles. The molecule has 2 heterocycles. The smallest absolute Gasteiger partial charge is 0.251 e. The third kappa shape index (κ3) is 3.43. The van der Waals surface area contributed by atoms with Crippen LogP contribution in [0.15, 0.2) is 41.6 Å². The predicted molar refractivity (Wildman–Crippen MR) is 85.7 cm³/mol. The molecule has 8 nitrogen and oxygen atoms in total. The molecule has 0 radical (unpaired) electrons. The van der Waals surface area contributed by atoms with Gasteiger partial charge in [-0.2, -0.15) is 14.8 Å². The van der Waals surface area contributed by atoms with Gasteiger partial charge in [0, 0.05) is 18.9 Å². The van der Waals surface area contributed by atoms with Gasteiger partial charge in [-0.15, -0.1) is 0 Å². The van der Waals surface area contributed by atoms with Crippen molar-refractivity contribution in [3.63, 3.8) is 0 Å².